The topological polar surface area (TPSA) is 94.8 Å². The fourth-order valence-electron chi connectivity index (χ4n) is 3.26. The van der Waals surface area contributed by atoms with Crippen LogP contribution in [0.3, 0.4) is 0 Å². The van der Waals surface area contributed by atoms with Crippen LogP contribution in [-0.4, -0.2) is 37.7 Å². The highest BCUT2D eigenvalue weighted by molar-refractivity contribution is 7.90. The summed E-state index contributed by atoms with van der Waals surface area (Å²) < 4.78 is 30.9. The van der Waals surface area contributed by atoms with E-state index in [9.17, 15) is 18.0 Å². The Morgan fingerprint density at radius 3 is 2.42 bits per heavy atom. The predicted octanol–water partition coefficient (Wildman–Crippen LogP) is 2.96. The number of thiazole rings is 1. The van der Waals surface area contributed by atoms with Crippen LogP contribution < -0.4 is 4.80 Å². The van der Waals surface area contributed by atoms with E-state index in [2.05, 4.69) is 4.99 Å². The first-order chi connectivity index (χ1) is 14.6. The van der Waals surface area contributed by atoms with Crippen molar-refractivity contribution in [2.24, 2.45) is 4.99 Å². The number of sulfone groups is 1. The molecule has 7 nitrogen and oxygen atoms in total. The lowest BCUT2D eigenvalue weighted by Gasteiger charge is -2.06. The van der Waals surface area contributed by atoms with Gasteiger partial charge in [-0.25, -0.2) is 8.42 Å². The Morgan fingerprint density at radius 2 is 1.81 bits per heavy atom. The van der Waals surface area contributed by atoms with Crippen molar-refractivity contribution in [2.45, 2.75) is 38.6 Å². The number of carbonyl (C=O) groups excluding carboxylic acids is 2. The molecule has 0 saturated carbocycles. The van der Waals surface area contributed by atoms with Crippen LogP contribution >= 0.6 is 11.3 Å². The first-order valence-electron chi connectivity index (χ1n) is 9.71. The van der Waals surface area contributed by atoms with Gasteiger partial charge < -0.3 is 9.30 Å². The third kappa shape index (κ3) is 5.48. The molecule has 164 valence electrons. The van der Waals surface area contributed by atoms with Crippen LogP contribution in [0.1, 0.15) is 23.6 Å². The first-order valence-corrected chi connectivity index (χ1v) is 12.4. The van der Waals surface area contributed by atoms with E-state index in [1.54, 1.807) is 23.6 Å². The number of aromatic nitrogens is 1. The highest BCUT2D eigenvalue weighted by Gasteiger charge is 2.14. The molecule has 0 N–H and O–H groups in total. The number of fused-ring (bicyclic) bond motifs is 1. The summed E-state index contributed by atoms with van der Waals surface area (Å²) >= 11 is 1.35. The normalized spacial score (nSPS) is 12.3. The molecule has 0 atom stereocenters. The molecule has 1 amide bonds. The number of nitrogens with zero attached hydrogens (tertiary/aromatic N) is 2. The second-order valence-corrected chi connectivity index (χ2v) is 10.3. The molecule has 0 aliphatic carbocycles. The molecule has 3 aromatic rings. The number of benzene rings is 2. The molecular formula is C22H24N2O5S2. The molecule has 2 aromatic carbocycles. The number of carbonyl (C=O) groups is 2. The lowest BCUT2D eigenvalue weighted by Crippen LogP contribution is -2.23. The molecule has 0 spiro atoms. The Bertz CT molecular complexity index is 1320. The summed E-state index contributed by atoms with van der Waals surface area (Å²) in [6.07, 6.45) is 1.16. The SMILES string of the molecule is CCOC(=O)Cn1c(=NC(=O)Cc2ccc(S(C)(=O)=O)cc2)sc2c(C)cc(C)cc21. The summed E-state index contributed by atoms with van der Waals surface area (Å²) in [5, 5.41) is 0. The van der Waals surface area contributed by atoms with Crippen LogP contribution in [0.4, 0.5) is 0 Å². The zero-order valence-electron chi connectivity index (χ0n) is 17.8. The Morgan fingerprint density at radius 1 is 1.13 bits per heavy atom. The molecule has 0 unspecified atom stereocenters. The number of aryl methyl sites for hydroxylation is 2. The van der Waals surface area contributed by atoms with Gasteiger partial charge >= 0.3 is 5.97 Å². The maximum absolute atomic E-state index is 12.6. The van der Waals surface area contributed by atoms with Gasteiger partial charge in [0.25, 0.3) is 5.91 Å². The number of esters is 1. The number of rotatable bonds is 6. The van der Waals surface area contributed by atoms with Crippen LogP contribution in [0, 0.1) is 13.8 Å². The summed E-state index contributed by atoms with van der Waals surface area (Å²) in [6, 6.07) is 10.2. The van der Waals surface area contributed by atoms with Crippen molar-refractivity contribution < 1.29 is 22.7 Å². The number of amides is 1. The van der Waals surface area contributed by atoms with Gasteiger partial charge in [0.15, 0.2) is 14.6 Å². The van der Waals surface area contributed by atoms with Gasteiger partial charge in [-0.05, 0) is 55.7 Å². The van der Waals surface area contributed by atoms with Crippen molar-refractivity contribution in [1.29, 1.82) is 0 Å². The minimum atomic E-state index is -3.29. The van der Waals surface area contributed by atoms with Gasteiger partial charge in [0.2, 0.25) is 0 Å². The lowest BCUT2D eigenvalue weighted by atomic mass is 10.1. The van der Waals surface area contributed by atoms with Crippen LogP contribution in [0.25, 0.3) is 10.2 Å². The molecule has 31 heavy (non-hydrogen) atoms. The zero-order chi connectivity index (χ0) is 22.8. The van der Waals surface area contributed by atoms with Crippen LogP contribution in [0.15, 0.2) is 46.3 Å². The molecule has 1 heterocycles. The maximum atomic E-state index is 12.6. The summed E-state index contributed by atoms with van der Waals surface area (Å²) in [5.41, 5.74) is 3.58. The van der Waals surface area contributed by atoms with Crippen LogP contribution in [0.5, 0.6) is 0 Å². The Labute approximate surface area is 184 Å². The fraction of sp³-hybridized carbons (Fsp3) is 0.318. The molecular weight excluding hydrogens is 436 g/mol. The van der Waals surface area contributed by atoms with E-state index < -0.39 is 15.8 Å². The smallest absolute Gasteiger partial charge is 0.326 e. The van der Waals surface area contributed by atoms with Crippen molar-refractivity contribution in [3.05, 3.63) is 57.9 Å². The summed E-state index contributed by atoms with van der Waals surface area (Å²) in [4.78, 5) is 29.7. The average Bonchev–Trinajstić information content (AvgIpc) is 2.99. The van der Waals surface area contributed by atoms with Gasteiger partial charge in [-0.3, -0.25) is 9.59 Å². The van der Waals surface area contributed by atoms with Crippen molar-refractivity contribution in [1.82, 2.24) is 4.57 Å². The van der Waals surface area contributed by atoms with Gasteiger partial charge in [0.05, 0.1) is 28.1 Å². The zero-order valence-corrected chi connectivity index (χ0v) is 19.5. The molecule has 0 aliphatic heterocycles. The first kappa shape index (κ1) is 22.9. The van der Waals surface area contributed by atoms with Gasteiger partial charge in [-0.15, -0.1) is 0 Å². The van der Waals surface area contributed by atoms with Gasteiger partial charge in [-0.2, -0.15) is 4.99 Å². The van der Waals surface area contributed by atoms with Crippen molar-refractivity contribution in [3.63, 3.8) is 0 Å². The van der Waals surface area contributed by atoms with E-state index in [-0.39, 0.29) is 30.4 Å². The van der Waals surface area contributed by atoms with Gasteiger partial charge in [-0.1, -0.05) is 29.5 Å². The third-order valence-corrected chi connectivity index (χ3v) is 6.99. The fourth-order valence-corrected chi connectivity index (χ4v) is 4.99. The summed E-state index contributed by atoms with van der Waals surface area (Å²) in [5.74, 6) is -0.780. The second-order valence-electron chi connectivity index (χ2n) is 7.30. The van der Waals surface area contributed by atoms with Crippen molar-refractivity contribution in [2.75, 3.05) is 12.9 Å². The quantitative estimate of drug-likeness (QED) is 0.527. The second kappa shape index (κ2) is 9.15. The molecule has 1 aromatic heterocycles. The van der Waals surface area contributed by atoms with E-state index in [4.69, 9.17) is 4.74 Å². The number of hydrogen-bond acceptors (Lipinski definition) is 6. The van der Waals surface area contributed by atoms with E-state index in [1.165, 1.54) is 23.5 Å². The van der Waals surface area contributed by atoms with E-state index in [1.807, 2.05) is 26.0 Å². The molecule has 0 saturated heterocycles. The molecule has 0 bridgehead atoms. The average molecular weight is 461 g/mol. The molecule has 3 rings (SSSR count). The lowest BCUT2D eigenvalue weighted by molar-refractivity contribution is -0.143. The Balaban J connectivity index is 1.99. The van der Waals surface area contributed by atoms with E-state index >= 15 is 0 Å². The van der Waals surface area contributed by atoms with Gasteiger partial charge in [0, 0.05) is 6.26 Å². The summed E-state index contributed by atoms with van der Waals surface area (Å²) in [6.45, 7) is 5.93. The molecule has 0 radical (unpaired) electrons. The highest BCUT2D eigenvalue weighted by atomic mass is 32.2. The summed E-state index contributed by atoms with van der Waals surface area (Å²) in [7, 11) is -3.29. The van der Waals surface area contributed by atoms with E-state index in [0.717, 1.165) is 27.6 Å². The number of ether oxygens (including phenoxy) is 1. The standard InChI is InChI=1S/C22H24N2O5S2/c1-5-29-20(26)13-24-18-11-14(2)10-15(3)21(18)30-22(24)23-19(25)12-16-6-8-17(9-7-16)31(4,27)28/h6-11H,5,12-13H2,1-4H3. The van der Waals surface area contributed by atoms with Crippen LogP contribution in [0.2, 0.25) is 0 Å². The monoisotopic (exact) mass is 460 g/mol. The van der Waals surface area contributed by atoms with Crippen molar-refractivity contribution >= 4 is 43.3 Å². The molecule has 0 aliphatic rings. The van der Waals surface area contributed by atoms with Crippen LogP contribution in [-0.2, 0) is 37.1 Å². The third-order valence-electron chi connectivity index (χ3n) is 4.63. The molecule has 0 fully saturated rings. The minimum absolute atomic E-state index is 0.0235. The molecule has 9 heteroatoms. The Hall–Kier alpha value is -2.78. The van der Waals surface area contributed by atoms with Gasteiger partial charge in [0.1, 0.15) is 6.54 Å². The largest absolute Gasteiger partial charge is 0.465 e. The number of hydrogen-bond donors (Lipinski definition) is 0. The van der Waals surface area contributed by atoms with Crippen molar-refractivity contribution in [3.8, 4) is 0 Å². The minimum Gasteiger partial charge on any atom is -0.465 e. The maximum Gasteiger partial charge on any atom is 0.326 e. The Kier molecular flexibility index (Phi) is 6.76. The van der Waals surface area contributed by atoms with E-state index in [0.29, 0.717) is 10.4 Å². The predicted molar refractivity (Wildman–Crippen MR) is 120 cm³/mol. The highest BCUT2D eigenvalue weighted by Crippen LogP contribution is 2.23.